The summed E-state index contributed by atoms with van der Waals surface area (Å²) in [5, 5.41) is 0. The van der Waals surface area contributed by atoms with Crippen molar-refractivity contribution in [1.82, 2.24) is 9.88 Å². The number of hydrogen-bond donors (Lipinski definition) is 0. The van der Waals surface area contributed by atoms with E-state index in [1.54, 1.807) is 0 Å². The van der Waals surface area contributed by atoms with Gasteiger partial charge in [-0.2, -0.15) is 0 Å². The van der Waals surface area contributed by atoms with E-state index < -0.39 is 0 Å². The fourth-order valence-corrected chi connectivity index (χ4v) is 4.17. The average Bonchev–Trinajstić information content (AvgIpc) is 3.10. The summed E-state index contributed by atoms with van der Waals surface area (Å²) in [5.74, 6) is 2.12. The van der Waals surface area contributed by atoms with Gasteiger partial charge in [0, 0.05) is 31.1 Å². The first kappa shape index (κ1) is 18.2. The molecule has 1 atom stereocenters. The number of aryl methyl sites for hydroxylation is 1. The fourth-order valence-electron chi connectivity index (χ4n) is 4.17. The first-order chi connectivity index (χ1) is 12.2. The van der Waals surface area contributed by atoms with Gasteiger partial charge in [-0.3, -0.25) is 4.79 Å². The summed E-state index contributed by atoms with van der Waals surface area (Å²) in [7, 11) is 0. The van der Waals surface area contributed by atoms with Gasteiger partial charge < -0.3 is 9.64 Å². The number of carbonyl (C=O) groups excluding carboxylic acids is 1. The fraction of sp³-hybridized carbons (Fsp3) is 0.714. The lowest BCUT2D eigenvalue weighted by atomic mass is 9.79. The Kier molecular flexibility index (Phi) is 6.33. The summed E-state index contributed by atoms with van der Waals surface area (Å²) < 4.78 is 5.95. The lowest BCUT2D eigenvalue weighted by molar-refractivity contribution is -0.136. The minimum Gasteiger partial charge on any atom is -0.472 e. The second-order valence-electron chi connectivity index (χ2n) is 7.85. The van der Waals surface area contributed by atoms with Crippen LogP contribution in [0.5, 0.6) is 5.88 Å². The zero-order chi connectivity index (χ0) is 17.6. The molecule has 2 heterocycles. The molecule has 1 aliphatic heterocycles. The number of hydrogen-bond acceptors (Lipinski definition) is 3. The number of rotatable bonds is 6. The highest BCUT2D eigenvalue weighted by atomic mass is 16.5. The summed E-state index contributed by atoms with van der Waals surface area (Å²) in [6.07, 6.45) is 11.4. The maximum absolute atomic E-state index is 12.8. The Bertz CT molecular complexity index is 550. The Morgan fingerprint density at radius 2 is 2.04 bits per heavy atom. The molecule has 1 saturated heterocycles. The first-order valence-electron chi connectivity index (χ1n) is 10.0. The van der Waals surface area contributed by atoms with Gasteiger partial charge >= 0.3 is 0 Å². The SMILES string of the molecule is CCCCC1CCC(C(=O)N2CCC(Oc3ccc(C)cn3)C2)CC1. The third-order valence-corrected chi connectivity index (χ3v) is 5.79. The number of carbonyl (C=O) groups is 1. The van der Waals surface area contributed by atoms with Gasteiger partial charge in [-0.05, 0) is 44.1 Å². The number of aromatic nitrogens is 1. The number of pyridine rings is 1. The molecule has 2 aliphatic rings. The molecule has 1 unspecified atom stereocenters. The topological polar surface area (TPSA) is 42.4 Å². The predicted molar refractivity (Wildman–Crippen MR) is 99.6 cm³/mol. The third kappa shape index (κ3) is 4.96. The van der Waals surface area contributed by atoms with Gasteiger partial charge in [-0.15, -0.1) is 0 Å². The molecule has 1 aromatic heterocycles. The Hall–Kier alpha value is -1.58. The predicted octanol–water partition coefficient (Wildman–Crippen LogP) is 4.37. The summed E-state index contributed by atoms with van der Waals surface area (Å²) >= 11 is 0. The van der Waals surface area contributed by atoms with Gasteiger partial charge in [0.05, 0.1) is 6.54 Å². The molecule has 1 saturated carbocycles. The largest absolute Gasteiger partial charge is 0.472 e. The number of likely N-dealkylation sites (tertiary alicyclic amines) is 1. The molecule has 25 heavy (non-hydrogen) atoms. The Morgan fingerprint density at radius 1 is 1.24 bits per heavy atom. The van der Waals surface area contributed by atoms with E-state index in [-0.39, 0.29) is 12.0 Å². The molecule has 0 N–H and O–H groups in total. The molecule has 0 radical (unpaired) electrons. The van der Waals surface area contributed by atoms with Gasteiger partial charge in [-0.25, -0.2) is 4.98 Å². The Balaban J connectivity index is 1.44. The Labute approximate surface area is 152 Å². The summed E-state index contributed by atoms with van der Waals surface area (Å²) in [6.45, 7) is 5.81. The van der Waals surface area contributed by atoms with E-state index in [0.717, 1.165) is 37.3 Å². The average molecular weight is 344 g/mol. The van der Waals surface area contributed by atoms with Gasteiger partial charge in [0.15, 0.2) is 0 Å². The van der Waals surface area contributed by atoms with Gasteiger partial charge in [-0.1, -0.05) is 32.3 Å². The summed E-state index contributed by atoms with van der Waals surface area (Å²) in [6, 6.07) is 3.93. The van der Waals surface area contributed by atoms with E-state index in [1.807, 2.05) is 30.2 Å². The molecule has 1 amide bonds. The van der Waals surface area contributed by atoms with Crippen molar-refractivity contribution in [2.24, 2.45) is 11.8 Å². The van der Waals surface area contributed by atoms with Crippen molar-refractivity contribution < 1.29 is 9.53 Å². The molecule has 3 rings (SSSR count). The molecule has 0 bridgehead atoms. The lowest BCUT2D eigenvalue weighted by Crippen LogP contribution is -2.37. The maximum atomic E-state index is 12.8. The quantitative estimate of drug-likeness (QED) is 0.770. The van der Waals surface area contributed by atoms with Crippen LogP contribution in [0.1, 0.15) is 63.9 Å². The van der Waals surface area contributed by atoms with Crippen molar-refractivity contribution in [3.8, 4) is 5.88 Å². The number of amides is 1. The van der Waals surface area contributed by atoms with Crippen molar-refractivity contribution in [3.05, 3.63) is 23.9 Å². The van der Waals surface area contributed by atoms with E-state index in [2.05, 4.69) is 11.9 Å². The number of nitrogens with zero attached hydrogens (tertiary/aromatic N) is 2. The molecule has 1 aromatic rings. The monoisotopic (exact) mass is 344 g/mol. The lowest BCUT2D eigenvalue weighted by Gasteiger charge is -2.30. The van der Waals surface area contributed by atoms with Gasteiger partial charge in [0.25, 0.3) is 0 Å². The third-order valence-electron chi connectivity index (χ3n) is 5.79. The number of ether oxygens (including phenoxy) is 1. The van der Waals surface area contributed by atoms with Crippen LogP contribution in [0.4, 0.5) is 0 Å². The van der Waals surface area contributed by atoms with Crippen molar-refractivity contribution in [2.75, 3.05) is 13.1 Å². The molecular formula is C21H32N2O2. The van der Waals surface area contributed by atoms with Crippen molar-refractivity contribution in [2.45, 2.75) is 71.3 Å². The summed E-state index contributed by atoms with van der Waals surface area (Å²) in [4.78, 5) is 19.2. The number of unbranched alkanes of at least 4 members (excludes halogenated alkanes) is 1. The van der Waals surface area contributed by atoms with Crippen LogP contribution in [-0.2, 0) is 4.79 Å². The van der Waals surface area contributed by atoms with E-state index in [9.17, 15) is 4.79 Å². The highest BCUT2D eigenvalue weighted by Gasteiger charge is 2.34. The van der Waals surface area contributed by atoms with Crippen molar-refractivity contribution in [3.63, 3.8) is 0 Å². The second-order valence-corrected chi connectivity index (χ2v) is 7.85. The van der Waals surface area contributed by atoms with Crippen LogP contribution < -0.4 is 4.74 Å². The van der Waals surface area contributed by atoms with Crippen LogP contribution in [0.3, 0.4) is 0 Å². The van der Waals surface area contributed by atoms with Crippen molar-refractivity contribution >= 4 is 5.91 Å². The smallest absolute Gasteiger partial charge is 0.225 e. The highest BCUT2D eigenvalue weighted by Crippen LogP contribution is 2.33. The van der Waals surface area contributed by atoms with Crippen LogP contribution >= 0.6 is 0 Å². The van der Waals surface area contributed by atoms with E-state index in [4.69, 9.17) is 4.74 Å². The normalized spacial score (nSPS) is 26.6. The molecule has 2 fully saturated rings. The van der Waals surface area contributed by atoms with Crippen LogP contribution in [0.25, 0.3) is 0 Å². The molecule has 138 valence electrons. The van der Waals surface area contributed by atoms with Gasteiger partial charge in [0.1, 0.15) is 6.10 Å². The maximum Gasteiger partial charge on any atom is 0.225 e. The van der Waals surface area contributed by atoms with Crippen LogP contribution in [0.2, 0.25) is 0 Å². The summed E-state index contributed by atoms with van der Waals surface area (Å²) in [5.41, 5.74) is 1.13. The highest BCUT2D eigenvalue weighted by molar-refractivity contribution is 5.79. The second kappa shape index (κ2) is 8.68. The molecule has 4 heteroatoms. The van der Waals surface area contributed by atoms with Crippen molar-refractivity contribution in [1.29, 1.82) is 0 Å². The zero-order valence-electron chi connectivity index (χ0n) is 15.7. The van der Waals surface area contributed by atoms with Crippen LogP contribution in [0.15, 0.2) is 18.3 Å². The minimum absolute atomic E-state index is 0.0834. The van der Waals surface area contributed by atoms with Crippen LogP contribution in [-0.4, -0.2) is 35.0 Å². The first-order valence-corrected chi connectivity index (χ1v) is 10.0. The molecule has 0 aromatic carbocycles. The standard InChI is InChI=1S/C21H32N2O2/c1-3-4-5-17-7-9-18(10-8-17)21(24)23-13-12-19(15-23)25-20-11-6-16(2)14-22-20/h6,11,14,17-19H,3-5,7-10,12-13,15H2,1-2H3. The minimum atomic E-state index is 0.0834. The zero-order valence-corrected chi connectivity index (χ0v) is 15.7. The van der Waals surface area contributed by atoms with E-state index in [1.165, 1.54) is 32.1 Å². The van der Waals surface area contributed by atoms with E-state index >= 15 is 0 Å². The molecule has 4 nitrogen and oxygen atoms in total. The molecule has 0 spiro atoms. The molecule has 1 aliphatic carbocycles. The Morgan fingerprint density at radius 3 is 2.72 bits per heavy atom. The van der Waals surface area contributed by atoms with E-state index in [0.29, 0.717) is 18.3 Å². The molecular weight excluding hydrogens is 312 g/mol. The van der Waals surface area contributed by atoms with Gasteiger partial charge in [0.2, 0.25) is 11.8 Å². The van der Waals surface area contributed by atoms with Crippen LogP contribution in [0, 0.1) is 18.8 Å².